The molecule has 0 N–H and O–H groups in total. The molecule has 0 aliphatic heterocycles. The van der Waals surface area contributed by atoms with Gasteiger partial charge in [-0.2, -0.15) is 0 Å². The molecule has 0 bridgehead atoms. The van der Waals surface area contributed by atoms with Crippen LogP contribution in [0.5, 0.6) is 0 Å². The largest absolute Gasteiger partial charge is 0.328 e. The summed E-state index contributed by atoms with van der Waals surface area (Å²) in [5.74, 6) is -1.69. The molecule has 0 amide bonds. The van der Waals surface area contributed by atoms with Crippen molar-refractivity contribution in [3.8, 4) is 0 Å². The minimum Gasteiger partial charge on any atom is -0.328 e. The van der Waals surface area contributed by atoms with E-state index in [0.29, 0.717) is 39.6 Å². The maximum absolute atomic E-state index is 5.84. The summed E-state index contributed by atoms with van der Waals surface area (Å²) >= 11 is 0. The van der Waals surface area contributed by atoms with Gasteiger partial charge in [0.15, 0.2) is 0 Å². The van der Waals surface area contributed by atoms with Crippen LogP contribution in [0.25, 0.3) is 0 Å². The fourth-order valence-electron chi connectivity index (χ4n) is 6.05. The van der Waals surface area contributed by atoms with Gasteiger partial charge in [-0.25, -0.2) is 0 Å². The van der Waals surface area contributed by atoms with E-state index in [-0.39, 0.29) is 0 Å². The molecule has 0 aromatic heterocycles. The highest BCUT2D eigenvalue weighted by Gasteiger charge is 2.32. The highest BCUT2D eigenvalue weighted by Crippen LogP contribution is 2.25. The van der Waals surface area contributed by atoms with E-state index < -0.39 is 11.9 Å². The molecular weight excluding hydrogens is 552 g/mol. The van der Waals surface area contributed by atoms with Crippen LogP contribution in [0.4, 0.5) is 0 Å². The van der Waals surface area contributed by atoms with Crippen molar-refractivity contribution in [1.82, 2.24) is 0 Å². The summed E-state index contributed by atoms with van der Waals surface area (Å²) in [5, 5.41) is 0. The summed E-state index contributed by atoms with van der Waals surface area (Å²) in [6.07, 6.45) is 21.6. The van der Waals surface area contributed by atoms with Crippen molar-refractivity contribution in [3.05, 3.63) is 35.4 Å². The van der Waals surface area contributed by atoms with Crippen molar-refractivity contribution in [1.29, 1.82) is 0 Å². The summed E-state index contributed by atoms with van der Waals surface area (Å²) in [5.41, 5.74) is 3.01. The fraction of sp³-hybridized carbons (Fsp3) is 0.842. The van der Waals surface area contributed by atoms with Crippen molar-refractivity contribution in [2.75, 3.05) is 39.6 Å². The average molecular weight is 623 g/mol. The van der Waals surface area contributed by atoms with Gasteiger partial charge in [-0.1, -0.05) is 88.5 Å². The highest BCUT2D eigenvalue weighted by molar-refractivity contribution is 5.23. The molecule has 44 heavy (non-hydrogen) atoms. The van der Waals surface area contributed by atoms with Crippen molar-refractivity contribution < 1.29 is 28.4 Å². The summed E-state index contributed by atoms with van der Waals surface area (Å²) in [4.78, 5) is 0. The Morgan fingerprint density at radius 3 is 0.955 bits per heavy atom. The summed E-state index contributed by atoms with van der Waals surface area (Å²) in [6.45, 7) is 15.6. The predicted octanol–water partition coefficient (Wildman–Crippen LogP) is 10.5. The molecule has 0 spiro atoms. The Balaban J connectivity index is 2.13. The van der Waals surface area contributed by atoms with Crippen molar-refractivity contribution >= 4 is 0 Å². The average Bonchev–Trinajstić information content (AvgIpc) is 3.00. The van der Waals surface area contributed by atoms with E-state index in [4.69, 9.17) is 28.4 Å². The normalized spacial score (nSPS) is 12.3. The minimum atomic E-state index is -0.847. The Bertz CT molecular complexity index is 676. The van der Waals surface area contributed by atoms with Crippen LogP contribution in [-0.2, 0) is 41.3 Å². The summed E-state index contributed by atoms with van der Waals surface area (Å²) < 4.78 is 35.0. The van der Waals surface area contributed by atoms with E-state index in [1.165, 1.54) is 101 Å². The second-order valence-corrected chi connectivity index (χ2v) is 11.7. The zero-order valence-corrected chi connectivity index (χ0v) is 29.7. The van der Waals surface area contributed by atoms with E-state index in [1.807, 2.05) is 41.5 Å². The molecule has 1 aromatic rings. The lowest BCUT2D eigenvalue weighted by Crippen LogP contribution is -2.39. The Labute approximate surface area is 272 Å². The van der Waals surface area contributed by atoms with Crippen LogP contribution in [0.15, 0.2) is 24.3 Å². The van der Waals surface area contributed by atoms with Gasteiger partial charge >= 0.3 is 0 Å². The zero-order valence-electron chi connectivity index (χ0n) is 29.7. The number of ether oxygens (including phenoxy) is 6. The first kappa shape index (κ1) is 41.0. The third-order valence-corrected chi connectivity index (χ3v) is 8.07. The minimum absolute atomic E-state index is 0.604. The van der Waals surface area contributed by atoms with Gasteiger partial charge in [0.05, 0.1) is 0 Å². The first-order valence-corrected chi connectivity index (χ1v) is 18.4. The van der Waals surface area contributed by atoms with E-state index in [9.17, 15) is 0 Å². The zero-order chi connectivity index (χ0) is 32.2. The molecule has 6 heteroatoms. The van der Waals surface area contributed by atoms with Crippen LogP contribution in [0, 0.1) is 0 Å². The number of rotatable bonds is 32. The second kappa shape index (κ2) is 27.1. The van der Waals surface area contributed by atoms with Crippen molar-refractivity contribution in [3.63, 3.8) is 0 Å². The molecule has 1 aromatic carbocycles. The van der Waals surface area contributed by atoms with Gasteiger partial charge in [0.2, 0.25) is 0 Å². The second-order valence-electron chi connectivity index (χ2n) is 11.7. The molecule has 0 unspecified atom stereocenters. The third-order valence-electron chi connectivity index (χ3n) is 8.07. The third kappa shape index (κ3) is 18.8. The van der Waals surface area contributed by atoms with E-state index in [2.05, 4.69) is 24.3 Å². The van der Waals surface area contributed by atoms with E-state index in [1.54, 1.807) is 0 Å². The molecule has 0 fully saturated rings. The number of hydrogen-bond acceptors (Lipinski definition) is 6. The molecule has 258 valence electrons. The lowest BCUT2D eigenvalue weighted by atomic mass is 9.99. The van der Waals surface area contributed by atoms with Crippen LogP contribution in [-0.4, -0.2) is 51.6 Å². The number of aryl methyl sites for hydroxylation is 2. The summed E-state index contributed by atoms with van der Waals surface area (Å²) in [7, 11) is 0. The molecule has 1 rings (SSSR count). The van der Waals surface area contributed by atoms with E-state index in [0.717, 1.165) is 25.7 Å². The SMILES string of the molecule is CCOC(CCCCCCCCCc1cccc(CCCCCCCCCC(OCC)(OCC)OCC)c1)(OCC)OCC. The lowest BCUT2D eigenvalue weighted by Gasteiger charge is -2.32. The van der Waals surface area contributed by atoms with Gasteiger partial charge in [0, 0.05) is 52.5 Å². The molecule has 0 radical (unpaired) electrons. The quantitative estimate of drug-likeness (QED) is 0.0588. The molecule has 6 nitrogen and oxygen atoms in total. The number of hydrogen-bond donors (Lipinski definition) is 0. The first-order valence-electron chi connectivity index (χ1n) is 18.4. The standard InChI is InChI=1S/C38H70O6/c1-7-39-37(40-8-2,41-9-3)32-25-21-17-13-15-19-23-28-35-30-27-31-36(34-35)29-24-20-16-14-18-22-26-33-38(42-10-4,43-11-5)44-12-6/h27,30-31,34H,7-26,28-29,32-33H2,1-6H3. The van der Waals surface area contributed by atoms with Gasteiger partial charge in [0.25, 0.3) is 11.9 Å². The van der Waals surface area contributed by atoms with Gasteiger partial charge in [0.1, 0.15) is 0 Å². The van der Waals surface area contributed by atoms with E-state index >= 15 is 0 Å². The van der Waals surface area contributed by atoms with Gasteiger partial charge in [-0.3, -0.25) is 0 Å². The number of unbranched alkanes of at least 4 members (excludes halogenated alkanes) is 12. The molecule has 0 saturated heterocycles. The molecule has 0 aliphatic carbocycles. The van der Waals surface area contributed by atoms with Gasteiger partial charge in [-0.15, -0.1) is 0 Å². The molecular formula is C38H70O6. The van der Waals surface area contributed by atoms with Crippen LogP contribution >= 0.6 is 0 Å². The Morgan fingerprint density at radius 2 is 0.659 bits per heavy atom. The van der Waals surface area contributed by atoms with Crippen LogP contribution < -0.4 is 0 Å². The Kier molecular flexibility index (Phi) is 25.3. The van der Waals surface area contributed by atoms with Crippen LogP contribution in [0.2, 0.25) is 0 Å². The molecule has 0 heterocycles. The highest BCUT2D eigenvalue weighted by atomic mass is 16.9. The Hall–Kier alpha value is -1.02. The van der Waals surface area contributed by atoms with Crippen LogP contribution in [0.1, 0.15) is 155 Å². The Morgan fingerprint density at radius 1 is 0.386 bits per heavy atom. The summed E-state index contributed by atoms with van der Waals surface area (Å²) in [6, 6.07) is 9.32. The van der Waals surface area contributed by atoms with Gasteiger partial charge < -0.3 is 28.4 Å². The first-order chi connectivity index (χ1) is 21.5. The van der Waals surface area contributed by atoms with Gasteiger partial charge in [-0.05, 0) is 91.2 Å². The molecule has 0 atom stereocenters. The van der Waals surface area contributed by atoms with Crippen molar-refractivity contribution in [2.45, 2.75) is 169 Å². The molecule has 0 aliphatic rings. The molecule has 0 saturated carbocycles. The fourth-order valence-corrected chi connectivity index (χ4v) is 6.05. The maximum Gasteiger partial charge on any atom is 0.282 e. The topological polar surface area (TPSA) is 55.4 Å². The lowest BCUT2D eigenvalue weighted by molar-refractivity contribution is -0.380. The van der Waals surface area contributed by atoms with Crippen molar-refractivity contribution in [2.24, 2.45) is 0 Å². The number of benzene rings is 1. The van der Waals surface area contributed by atoms with Crippen LogP contribution in [0.3, 0.4) is 0 Å². The monoisotopic (exact) mass is 623 g/mol. The predicted molar refractivity (Wildman–Crippen MR) is 183 cm³/mol. The smallest absolute Gasteiger partial charge is 0.282 e. The maximum atomic E-state index is 5.84.